The van der Waals surface area contributed by atoms with Crippen molar-refractivity contribution in [3.05, 3.63) is 29.3 Å². The predicted octanol–water partition coefficient (Wildman–Crippen LogP) is 1.84. The van der Waals surface area contributed by atoms with E-state index in [0.29, 0.717) is 0 Å². The summed E-state index contributed by atoms with van der Waals surface area (Å²) in [7, 11) is 2.01. The van der Waals surface area contributed by atoms with Crippen LogP contribution in [0.4, 0.5) is 5.13 Å². The maximum absolute atomic E-state index is 4.33. The molecule has 2 aromatic rings. The number of aryl methyl sites for hydroxylation is 2. The highest BCUT2D eigenvalue weighted by Crippen LogP contribution is 2.13. The summed E-state index contributed by atoms with van der Waals surface area (Å²) < 4.78 is 2.04. The zero-order chi connectivity index (χ0) is 10.7. The van der Waals surface area contributed by atoms with Gasteiger partial charge in [-0.2, -0.15) is 0 Å². The van der Waals surface area contributed by atoms with Crippen LogP contribution in [0.1, 0.15) is 11.5 Å². The topological polar surface area (TPSA) is 42.7 Å². The summed E-state index contributed by atoms with van der Waals surface area (Å²) in [6, 6.07) is 0. The van der Waals surface area contributed by atoms with Crippen LogP contribution >= 0.6 is 11.3 Å². The monoisotopic (exact) mass is 222 g/mol. The Hall–Kier alpha value is -1.36. The molecule has 2 aromatic heterocycles. The van der Waals surface area contributed by atoms with E-state index >= 15 is 0 Å². The van der Waals surface area contributed by atoms with Gasteiger partial charge in [-0.1, -0.05) is 0 Å². The standard InChI is InChI=1S/C10H14N4S/c1-8-7-15-10(13-8)12-4-3-9-11-5-6-14(9)2/h5-7H,3-4H2,1-2H3,(H,12,13). The Morgan fingerprint density at radius 1 is 1.53 bits per heavy atom. The van der Waals surface area contributed by atoms with Gasteiger partial charge < -0.3 is 9.88 Å². The molecule has 0 bridgehead atoms. The van der Waals surface area contributed by atoms with Crippen LogP contribution in [-0.2, 0) is 13.5 Å². The van der Waals surface area contributed by atoms with Gasteiger partial charge in [0.1, 0.15) is 5.82 Å². The summed E-state index contributed by atoms with van der Waals surface area (Å²) in [6.45, 7) is 2.87. The third-order valence-corrected chi connectivity index (χ3v) is 3.08. The van der Waals surface area contributed by atoms with Crippen LogP contribution in [0.15, 0.2) is 17.8 Å². The Morgan fingerprint density at radius 3 is 3.00 bits per heavy atom. The average molecular weight is 222 g/mol. The normalized spacial score (nSPS) is 10.5. The van der Waals surface area contributed by atoms with Gasteiger partial charge in [0, 0.05) is 37.8 Å². The highest BCUT2D eigenvalue weighted by atomic mass is 32.1. The number of nitrogens with one attached hydrogen (secondary N) is 1. The van der Waals surface area contributed by atoms with E-state index in [1.54, 1.807) is 11.3 Å². The van der Waals surface area contributed by atoms with Gasteiger partial charge in [-0.05, 0) is 6.92 Å². The van der Waals surface area contributed by atoms with Crippen molar-refractivity contribution >= 4 is 16.5 Å². The molecular formula is C10H14N4S. The Balaban J connectivity index is 1.83. The van der Waals surface area contributed by atoms with Crippen LogP contribution in [0.25, 0.3) is 0 Å². The number of hydrogen-bond acceptors (Lipinski definition) is 4. The maximum Gasteiger partial charge on any atom is 0.182 e. The molecule has 80 valence electrons. The zero-order valence-electron chi connectivity index (χ0n) is 8.90. The summed E-state index contributed by atoms with van der Waals surface area (Å²) in [4.78, 5) is 8.59. The molecular weight excluding hydrogens is 208 g/mol. The third-order valence-electron chi connectivity index (χ3n) is 2.16. The van der Waals surface area contributed by atoms with Crippen molar-refractivity contribution in [1.29, 1.82) is 0 Å². The van der Waals surface area contributed by atoms with Crippen molar-refractivity contribution in [2.75, 3.05) is 11.9 Å². The number of hydrogen-bond donors (Lipinski definition) is 1. The van der Waals surface area contributed by atoms with Crippen LogP contribution in [0.3, 0.4) is 0 Å². The Bertz CT molecular complexity index is 432. The minimum atomic E-state index is 0.873. The number of anilines is 1. The number of imidazole rings is 1. The molecule has 1 N–H and O–H groups in total. The van der Waals surface area contributed by atoms with Crippen LogP contribution in [-0.4, -0.2) is 21.1 Å². The van der Waals surface area contributed by atoms with Gasteiger partial charge in [0.05, 0.1) is 5.69 Å². The van der Waals surface area contributed by atoms with Crippen molar-refractivity contribution < 1.29 is 0 Å². The lowest BCUT2D eigenvalue weighted by molar-refractivity contribution is 0.789. The summed E-state index contributed by atoms with van der Waals surface area (Å²) in [5, 5.41) is 6.32. The molecule has 15 heavy (non-hydrogen) atoms. The SMILES string of the molecule is Cc1csc(NCCc2nccn2C)n1. The first-order valence-electron chi connectivity index (χ1n) is 4.88. The number of rotatable bonds is 4. The summed E-state index contributed by atoms with van der Waals surface area (Å²) in [5.74, 6) is 1.09. The lowest BCUT2D eigenvalue weighted by atomic mass is 10.4. The highest BCUT2D eigenvalue weighted by molar-refractivity contribution is 7.13. The Labute approximate surface area is 93.0 Å². The molecule has 0 atom stereocenters. The van der Waals surface area contributed by atoms with Crippen molar-refractivity contribution in [3.63, 3.8) is 0 Å². The molecule has 0 aliphatic carbocycles. The minimum Gasteiger partial charge on any atom is -0.361 e. The first-order chi connectivity index (χ1) is 7.25. The summed E-state index contributed by atoms with van der Waals surface area (Å²) in [6.07, 6.45) is 4.70. The molecule has 5 heteroatoms. The molecule has 0 saturated carbocycles. The van der Waals surface area contributed by atoms with Crippen LogP contribution in [0.2, 0.25) is 0 Å². The molecule has 0 radical (unpaired) electrons. The van der Waals surface area contributed by atoms with Crippen molar-refractivity contribution in [2.24, 2.45) is 7.05 Å². The average Bonchev–Trinajstić information content (AvgIpc) is 2.77. The van der Waals surface area contributed by atoms with E-state index < -0.39 is 0 Å². The largest absolute Gasteiger partial charge is 0.361 e. The number of nitrogens with zero attached hydrogens (tertiary/aromatic N) is 3. The molecule has 4 nitrogen and oxygen atoms in total. The fourth-order valence-electron chi connectivity index (χ4n) is 1.35. The molecule has 0 amide bonds. The molecule has 0 aliphatic rings. The molecule has 0 aliphatic heterocycles. The molecule has 0 spiro atoms. The Kier molecular flexibility index (Phi) is 3.01. The Morgan fingerprint density at radius 2 is 2.40 bits per heavy atom. The second kappa shape index (κ2) is 4.44. The maximum atomic E-state index is 4.33. The first-order valence-corrected chi connectivity index (χ1v) is 5.76. The van der Waals surface area contributed by atoms with Gasteiger partial charge in [-0.15, -0.1) is 11.3 Å². The van der Waals surface area contributed by atoms with E-state index in [-0.39, 0.29) is 0 Å². The molecule has 0 saturated heterocycles. The van der Waals surface area contributed by atoms with E-state index in [4.69, 9.17) is 0 Å². The summed E-state index contributed by atoms with van der Waals surface area (Å²) >= 11 is 1.64. The zero-order valence-corrected chi connectivity index (χ0v) is 9.71. The van der Waals surface area contributed by atoms with Crippen molar-refractivity contribution in [1.82, 2.24) is 14.5 Å². The van der Waals surface area contributed by atoms with Crippen molar-refractivity contribution in [3.8, 4) is 0 Å². The first kappa shape index (κ1) is 10.2. The van der Waals surface area contributed by atoms with E-state index in [2.05, 4.69) is 15.3 Å². The molecule has 2 rings (SSSR count). The fourth-order valence-corrected chi connectivity index (χ4v) is 2.07. The van der Waals surface area contributed by atoms with Crippen LogP contribution in [0.5, 0.6) is 0 Å². The number of thiazole rings is 1. The van der Waals surface area contributed by atoms with Crippen molar-refractivity contribution in [2.45, 2.75) is 13.3 Å². The van der Waals surface area contributed by atoms with Gasteiger partial charge in [0.2, 0.25) is 0 Å². The van der Waals surface area contributed by atoms with Gasteiger partial charge in [-0.25, -0.2) is 9.97 Å². The van der Waals surface area contributed by atoms with Gasteiger partial charge >= 0.3 is 0 Å². The van der Waals surface area contributed by atoms with E-state index in [1.165, 1.54) is 0 Å². The molecule has 0 aromatic carbocycles. The second-order valence-corrected chi connectivity index (χ2v) is 4.28. The van der Waals surface area contributed by atoms with Crippen LogP contribution in [0, 0.1) is 6.92 Å². The van der Waals surface area contributed by atoms with Crippen LogP contribution < -0.4 is 5.32 Å². The number of aromatic nitrogens is 3. The quantitative estimate of drug-likeness (QED) is 0.858. The lowest BCUT2D eigenvalue weighted by Crippen LogP contribution is -2.08. The minimum absolute atomic E-state index is 0.873. The lowest BCUT2D eigenvalue weighted by Gasteiger charge is -2.02. The van der Waals surface area contributed by atoms with Gasteiger partial charge in [0.25, 0.3) is 0 Å². The van der Waals surface area contributed by atoms with E-state index in [9.17, 15) is 0 Å². The van der Waals surface area contributed by atoms with E-state index in [0.717, 1.165) is 29.6 Å². The van der Waals surface area contributed by atoms with Gasteiger partial charge in [-0.3, -0.25) is 0 Å². The molecule has 0 unspecified atom stereocenters. The highest BCUT2D eigenvalue weighted by Gasteiger charge is 2.00. The second-order valence-electron chi connectivity index (χ2n) is 3.43. The van der Waals surface area contributed by atoms with Gasteiger partial charge in [0.15, 0.2) is 5.13 Å². The molecule has 0 fully saturated rings. The predicted molar refractivity (Wildman–Crippen MR) is 62.3 cm³/mol. The summed E-state index contributed by atoms with van der Waals surface area (Å²) in [5.41, 5.74) is 1.07. The third kappa shape index (κ3) is 2.56. The van der Waals surface area contributed by atoms with E-state index in [1.807, 2.05) is 36.3 Å². The molecule has 2 heterocycles. The smallest absolute Gasteiger partial charge is 0.182 e. The fraction of sp³-hybridized carbons (Fsp3) is 0.400.